The minimum absolute atomic E-state index is 0.0330. The normalized spacial score (nSPS) is 11.8. The van der Waals surface area contributed by atoms with E-state index in [9.17, 15) is 9.59 Å². The standard InChI is InChI=1S/C21H25N5O2/c1-13(2)19-16-10-14(21(3,4)5)6-7-15(16)20(28)26(25-19)11-18(27)24-17-8-9-22-12-23-17/h6-10,12-13H,11H2,1-5H3,(H,22,23,24,27). The van der Waals surface area contributed by atoms with Gasteiger partial charge in [0.15, 0.2) is 0 Å². The third-order valence-electron chi connectivity index (χ3n) is 4.54. The molecule has 2 aromatic heterocycles. The predicted octanol–water partition coefficient (Wildman–Crippen LogP) is 3.25. The van der Waals surface area contributed by atoms with Crippen molar-refractivity contribution in [1.82, 2.24) is 19.7 Å². The first-order valence-electron chi connectivity index (χ1n) is 9.28. The Bertz CT molecular complexity index is 1070. The van der Waals surface area contributed by atoms with Crippen LogP contribution < -0.4 is 10.9 Å². The number of amides is 1. The smallest absolute Gasteiger partial charge is 0.275 e. The van der Waals surface area contributed by atoms with Gasteiger partial charge >= 0.3 is 0 Å². The van der Waals surface area contributed by atoms with Crippen molar-refractivity contribution in [3.05, 3.63) is 58.4 Å². The van der Waals surface area contributed by atoms with Crippen molar-refractivity contribution in [3.63, 3.8) is 0 Å². The van der Waals surface area contributed by atoms with Gasteiger partial charge in [-0.15, -0.1) is 0 Å². The number of hydrogen-bond donors (Lipinski definition) is 1. The zero-order valence-electron chi connectivity index (χ0n) is 16.9. The number of carbonyl (C=O) groups is 1. The first-order valence-corrected chi connectivity index (χ1v) is 9.28. The summed E-state index contributed by atoms with van der Waals surface area (Å²) in [6.45, 7) is 10.3. The fraction of sp³-hybridized carbons (Fsp3) is 0.381. The van der Waals surface area contributed by atoms with Crippen molar-refractivity contribution in [1.29, 1.82) is 0 Å². The maximum atomic E-state index is 12.9. The van der Waals surface area contributed by atoms with Gasteiger partial charge in [0.2, 0.25) is 5.91 Å². The molecule has 1 N–H and O–H groups in total. The van der Waals surface area contributed by atoms with E-state index in [0.717, 1.165) is 16.6 Å². The first-order chi connectivity index (χ1) is 13.2. The molecule has 0 aliphatic heterocycles. The van der Waals surface area contributed by atoms with Crippen molar-refractivity contribution in [2.75, 3.05) is 5.32 Å². The molecule has 2 heterocycles. The Morgan fingerprint density at radius 1 is 1.18 bits per heavy atom. The van der Waals surface area contributed by atoms with E-state index in [0.29, 0.717) is 11.2 Å². The summed E-state index contributed by atoms with van der Waals surface area (Å²) in [5, 5.41) is 8.59. The number of nitrogens with zero attached hydrogens (tertiary/aromatic N) is 4. The number of aromatic nitrogens is 4. The van der Waals surface area contributed by atoms with Gasteiger partial charge in [-0.2, -0.15) is 5.10 Å². The van der Waals surface area contributed by atoms with Gasteiger partial charge in [-0.05, 0) is 35.1 Å². The minimum atomic E-state index is -0.367. The second-order valence-electron chi connectivity index (χ2n) is 8.16. The van der Waals surface area contributed by atoms with E-state index in [-0.39, 0.29) is 29.3 Å². The lowest BCUT2D eigenvalue weighted by Gasteiger charge is -2.21. The average molecular weight is 379 g/mol. The van der Waals surface area contributed by atoms with Crippen LogP contribution >= 0.6 is 0 Å². The van der Waals surface area contributed by atoms with Crippen LogP contribution in [0.25, 0.3) is 10.8 Å². The molecule has 0 saturated carbocycles. The molecule has 1 aromatic carbocycles. The van der Waals surface area contributed by atoms with Crippen molar-refractivity contribution >= 4 is 22.5 Å². The molecule has 3 aromatic rings. The third-order valence-corrected chi connectivity index (χ3v) is 4.54. The van der Waals surface area contributed by atoms with Crippen LogP contribution in [0.1, 0.15) is 51.8 Å². The number of hydrogen-bond acceptors (Lipinski definition) is 5. The second kappa shape index (κ2) is 7.50. The number of nitrogens with one attached hydrogen (secondary N) is 1. The monoisotopic (exact) mass is 379 g/mol. The first kappa shape index (κ1) is 19.7. The Kier molecular flexibility index (Phi) is 5.27. The van der Waals surface area contributed by atoms with Gasteiger partial charge in [0.1, 0.15) is 18.7 Å². The highest BCUT2D eigenvalue weighted by atomic mass is 16.2. The highest BCUT2D eigenvalue weighted by molar-refractivity contribution is 5.90. The minimum Gasteiger partial charge on any atom is -0.309 e. The van der Waals surface area contributed by atoms with Gasteiger partial charge in [-0.25, -0.2) is 14.6 Å². The van der Waals surface area contributed by atoms with Crippen molar-refractivity contribution in [2.24, 2.45) is 0 Å². The molecular weight excluding hydrogens is 354 g/mol. The molecule has 0 radical (unpaired) electrons. The fourth-order valence-corrected chi connectivity index (χ4v) is 2.99. The summed E-state index contributed by atoms with van der Waals surface area (Å²) in [5.41, 5.74) is 1.63. The molecule has 0 aliphatic rings. The SMILES string of the molecule is CC(C)c1nn(CC(=O)Nc2ccncn2)c(=O)c2ccc(C(C)(C)C)cc12. The molecule has 0 saturated heterocycles. The molecule has 0 unspecified atom stereocenters. The Morgan fingerprint density at radius 2 is 1.93 bits per heavy atom. The Balaban J connectivity index is 2.03. The van der Waals surface area contributed by atoms with Gasteiger partial charge in [0, 0.05) is 11.6 Å². The number of rotatable bonds is 4. The highest BCUT2D eigenvalue weighted by Gasteiger charge is 2.19. The molecule has 28 heavy (non-hydrogen) atoms. The van der Waals surface area contributed by atoms with Crippen LogP contribution in [0.2, 0.25) is 0 Å². The number of fused-ring (bicyclic) bond motifs is 1. The summed E-state index contributed by atoms with van der Waals surface area (Å²) < 4.78 is 1.23. The largest absolute Gasteiger partial charge is 0.309 e. The molecule has 0 spiro atoms. The third kappa shape index (κ3) is 4.08. The molecule has 0 atom stereocenters. The number of anilines is 1. The summed E-state index contributed by atoms with van der Waals surface area (Å²) in [6.07, 6.45) is 2.88. The lowest BCUT2D eigenvalue weighted by Crippen LogP contribution is -2.31. The number of benzene rings is 1. The Hall–Kier alpha value is -3.09. The molecule has 3 rings (SSSR count). The van der Waals surface area contributed by atoms with Crippen LogP contribution in [0.15, 0.2) is 41.6 Å². The van der Waals surface area contributed by atoms with E-state index in [2.05, 4.69) is 41.2 Å². The van der Waals surface area contributed by atoms with E-state index in [1.807, 2.05) is 32.0 Å². The molecule has 146 valence electrons. The highest BCUT2D eigenvalue weighted by Crippen LogP contribution is 2.28. The molecule has 0 fully saturated rings. The van der Waals surface area contributed by atoms with E-state index in [1.165, 1.54) is 17.2 Å². The van der Waals surface area contributed by atoms with Crippen LogP contribution in [0.3, 0.4) is 0 Å². The van der Waals surface area contributed by atoms with Gasteiger partial charge in [-0.3, -0.25) is 9.59 Å². The van der Waals surface area contributed by atoms with E-state index in [4.69, 9.17) is 0 Å². The molecule has 7 heteroatoms. The van der Waals surface area contributed by atoms with Crippen LogP contribution in [-0.4, -0.2) is 25.7 Å². The average Bonchev–Trinajstić information content (AvgIpc) is 2.63. The summed E-state index contributed by atoms with van der Waals surface area (Å²) in [7, 11) is 0. The van der Waals surface area contributed by atoms with Crippen molar-refractivity contribution < 1.29 is 4.79 Å². The fourth-order valence-electron chi connectivity index (χ4n) is 2.99. The van der Waals surface area contributed by atoms with Gasteiger partial charge in [-0.1, -0.05) is 40.7 Å². The quantitative estimate of drug-likeness (QED) is 0.751. The topological polar surface area (TPSA) is 89.8 Å². The van der Waals surface area contributed by atoms with Crippen LogP contribution in [-0.2, 0) is 16.8 Å². The van der Waals surface area contributed by atoms with E-state index < -0.39 is 0 Å². The number of carbonyl (C=O) groups excluding carboxylic acids is 1. The van der Waals surface area contributed by atoms with Gasteiger partial charge in [0.25, 0.3) is 5.56 Å². The predicted molar refractivity (Wildman–Crippen MR) is 109 cm³/mol. The zero-order valence-corrected chi connectivity index (χ0v) is 16.9. The summed E-state index contributed by atoms with van der Waals surface area (Å²) in [5.74, 6) is 0.121. The summed E-state index contributed by atoms with van der Waals surface area (Å²) in [6, 6.07) is 7.44. The maximum absolute atomic E-state index is 12.9. The van der Waals surface area contributed by atoms with Crippen LogP contribution in [0.4, 0.5) is 5.82 Å². The van der Waals surface area contributed by atoms with Gasteiger partial charge < -0.3 is 5.32 Å². The summed E-state index contributed by atoms with van der Waals surface area (Å²) in [4.78, 5) is 33.1. The zero-order chi connectivity index (χ0) is 20.5. The molecule has 0 aliphatic carbocycles. The second-order valence-corrected chi connectivity index (χ2v) is 8.16. The van der Waals surface area contributed by atoms with Crippen molar-refractivity contribution in [3.8, 4) is 0 Å². The van der Waals surface area contributed by atoms with Crippen LogP contribution in [0, 0.1) is 0 Å². The van der Waals surface area contributed by atoms with E-state index in [1.54, 1.807) is 6.07 Å². The van der Waals surface area contributed by atoms with E-state index >= 15 is 0 Å². The Labute approximate surface area is 163 Å². The molecule has 7 nitrogen and oxygen atoms in total. The molecular formula is C21H25N5O2. The van der Waals surface area contributed by atoms with Crippen LogP contribution in [0.5, 0.6) is 0 Å². The Morgan fingerprint density at radius 3 is 2.54 bits per heavy atom. The lowest BCUT2D eigenvalue weighted by atomic mass is 9.85. The molecule has 1 amide bonds. The lowest BCUT2D eigenvalue weighted by molar-refractivity contribution is -0.117. The van der Waals surface area contributed by atoms with Gasteiger partial charge in [0.05, 0.1) is 11.1 Å². The molecule has 0 bridgehead atoms. The van der Waals surface area contributed by atoms with Crippen molar-refractivity contribution in [2.45, 2.75) is 52.5 Å². The maximum Gasteiger partial charge on any atom is 0.275 e. The summed E-state index contributed by atoms with van der Waals surface area (Å²) >= 11 is 0.